The van der Waals surface area contributed by atoms with Gasteiger partial charge in [0.15, 0.2) is 5.69 Å². The van der Waals surface area contributed by atoms with Crippen molar-refractivity contribution in [2.24, 2.45) is 5.92 Å². The van der Waals surface area contributed by atoms with E-state index < -0.39 is 17.8 Å². The largest absolute Gasteiger partial charge is 0.435 e. The van der Waals surface area contributed by atoms with E-state index >= 15 is 0 Å². The number of alkyl halides is 3. The molecule has 1 aromatic carbocycles. The summed E-state index contributed by atoms with van der Waals surface area (Å²) in [6.07, 6.45) is -0.942. The van der Waals surface area contributed by atoms with Gasteiger partial charge in [-0.25, -0.2) is 0 Å². The number of nitrogens with one attached hydrogen (secondary N) is 1. The Morgan fingerprint density at radius 2 is 1.74 bits per heavy atom. The van der Waals surface area contributed by atoms with Crippen molar-refractivity contribution in [3.05, 3.63) is 52.8 Å². The van der Waals surface area contributed by atoms with Crippen molar-refractivity contribution in [3.8, 4) is 0 Å². The van der Waals surface area contributed by atoms with Gasteiger partial charge >= 0.3 is 6.18 Å². The molecule has 170 valence electrons. The van der Waals surface area contributed by atoms with Crippen LogP contribution in [0.25, 0.3) is 0 Å². The predicted octanol–water partition coefficient (Wildman–Crippen LogP) is 6.20. The summed E-state index contributed by atoms with van der Waals surface area (Å²) in [5, 5.41) is 6.83. The molecule has 1 saturated carbocycles. The quantitative estimate of drug-likeness (QED) is 0.510. The van der Waals surface area contributed by atoms with Crippen molar-refractivity contribution in [2.75, 3.05) is 0 Å². The monoisotopic (exact) mass is 435 g/mol. The van der Waals surface area contributed by atoms with E-state index in [1.165, 1.54) is 10.2 Å². The molecule has 3 atom stereocenters. The van der Waals surface area contributed by atoms with Crippen LogP contribution in [-0.4, -0.2) is 15.7 Å². The van der Waals surface area contributed by atoms with Crippen LogP contribution in [0.1, 0.15) is 93.8 Å². The number of aromatic nitrogens is 2. The average Bonchev–Trinajstić information content (AvgIpc) is 3.50. The number of hydrogen-bond acceptors (Lipinski definition) is 2. The van der Waals surface area contributed by atoms with E-state index in [2.05, 4.69) is 48.5 Å². The van der Waals surface area contributed by atoms with Crippen LogP contribution in [0.2, 0.25) is 0 Å². The molecule has 2 aromatic rings. The van der Waals surface area contributed by atoms with Crippen LogP contribution in [0.5, 0.6) is 0 Å². The first-order chi connectivity index (χ1) is 14.6. The molecule has 1 amide bonds. The standard InChI is InChI=1S/C24H32F3N3O/c1-5-15(3)17-7-9-18(10-8-17)20(6-2)28-23(31)16(4)14-30-21(19-11-12-19)13-22(29-30)24(25,26)27/h7-10,13,15-16,19-20H,5-6,11-12,14H2,1-4H3,(H,28,31). The SMILES string of the molecule is CCC(C)c1ccc(C(CC)NC(=O)C(C)Cn2nc(C(F)(F)F)cc2C2CC2)cc1. The lowest BCUT2D eigenvalue weighted by molar-refractivity contribution is -0.141. The molecular formula is C24H32F3N3O. The van der Waals surface area contributed by atoms with E-state index in [1.54, 1.807) is 6.92 Å². The van der Waals surface area contributed by atoms with Crippen LogP contribution in [0, 0.1) is 5.92 Å². The van der Waals surface area contributed by atoms with Crippen molar-refractivity contribution in [2.45, 2.75) is 84.0 Å². The molecule has 0 bridgehead atoms. The first-order valence-electron chi connectivity index (χ1n) is 11.2. The van der Waals surface area contributed by atoms with Crippen molar-refractivity contribution >= 4 is 5.91 Å². The molecule has 3 unspecified atom stereocenters. The van der Waals surface area contributed by atoms with E-state index in [0.29, 0.717) is 11.6 Å². The van der Waals surface area contributed by atoms with Crippen molar-refractivity contribution in [3.63, 3.8) is 0 Å². The fraction of sp³-hybridized carbons (Fsp3) is 0.583. The smallest absolute Gasteiger partial charge is 0.349 e. The van der Waals surface area contributed by atoms with Gasteiger partial charge in [-0.05, 0) is 48.8 Å². The highest BCUT2D eigenvalue weighted by Crippen LogP contribution is 2.42. The molecule has 0 radical (unpaired) electrons. The van der Waals surface area contributed by atoms with E-state index in [-0.39, 0.29) is 24.4 Å². The van der Waals surface area contributed by atoms with Gasteiger partial charge in [-0.1, -0.05) is 52.0 Å². The third-order valence-corrected chi connectivity index (χ3v) is 6.24. The minimum absolute atomic E-state index is 0.117. The highest BCUT2D eigenvalue weighted by Gasteiger charge is 2.38. The Bertz CT molecular complexity index is 884. The maximum atomic E-state index is 13.1. The van der Waals surface area contributed by atoms with Crippen LogP contribution >= 0.6 is 0 Å². The number of carbonyl (C=O) groups excluding carboxylic acids is 1. The molecule has 1 aliphatic rings. The number of benzene rings is 1. The second-order valence-electron chi connectivity index (χ2n) is 8.76. The maximum Gasteiger partial charge on any atom is 0.435 e. The minimum Gasteiger partial charge on any atom is -0.349 e. The molecule has 1 fully saturated rings. The lowest BCUT2D eigenvalue weighted by Gasteiger charge is -2.21. The van der Waals surface area contributed by atoms with Crippen molar-refractivity contribution < 1.29 is 18.0 Å². The molecule has 1 aromatic heterocycles. The van der Waals surface area contributed by atoms with Gasteiger partial charge in [0.25, 0.3) is 0 Å². The Morgan fingerprint density at radius 3 is 2.26 bits per heavy atom. The number of rotatable bonds is 9. The minimum atomic E-state index is -4.48. The van der Waals surface area contributed by atoms with Crippen LogP contribution in [0.4, 0.5) is 13.2 Å². The fourth-order valence-corrected chi connectivity index (χ4v) is 3.79. The Morgan fingerprint density at radius 1 is 1.13 bits per heavy atom. The van der Waals surface area contributed by atoms with Crippen LogP contribution < -0.4 is 5.32 Å². The lowest BCUT2D eigenvalue weighted by Crippen LogP contribution is -2.34. The molecule has 1 N–H and O–H groups in total. The lowest BCUT2D eigenvalue weighted by atomic mass is 9.95. The van der Waals surface area contributed by atoms with Crippen LogP contribution in [0.15, 0.2) is 30.3 Å². The topological polar surface area (TPSA) is 46.9 Å². The fourth-order valence-electron chi connectivity index (χ4n) is 3.79. The first kappa shape index (κ1) is 23.4. The number of halogens is 3. The van der Waals surface area contributed by atoms with E-state index in [4.69, 9.17) is 0 Å². The van der Waals surface area contributed by atoms with E-state index in [9.17, 15) is 18.0 Å². The van der Waals surface area contributed by atoms with Gasteiger partial charge in [0.2, 0.25) is 5.91 Å². The zero-order valence-corrected chi connectivity index (χ0v) is 18.7. The number of nitrogens with zero attached hydrogens (tertiary/aromatic N) is 2. The molecule has 0 saturated heterocycles. The Labute approximate surface area is 182 Å². The van der Waals surface area contributed by atoms with Crippen molar-refractivity contribution in [1.29, 1.82) is 0 Å². The van der Waals surface area contributed by atoms with Gasteiger partial charge in [0.05, 0.1) is 18.5 Å². The Balaban J connectivity index is 1.68. The summed E-state index contributed by atoms with van der Waals surface area (Å²) in [5.41, 5.74) is 2.01. The molecule has 1 heterocycles. The average molecular weight is 436 g/mol. The molecule has 0 aliphatic heterocycles. The Hall–Kier alpha value is -2.31. The zero-order chi connectivity index (χ0) is 22.8. The van der Waals surface area contributed by atoms with Gasteiger partial charge < -0.3 is 5.32 Å². The summed E-state index contributed by atoms with van der Waals surface area (Å²) >= 11 is 0. The second kappa shape index (κ2) is 9.45. The van der Waals surface area contributed by atoms with Crippen LogP contribution in [-0.2, 0) is 17.5 Å². The zero-order valence-electron chi connectivity index (χ0n) is 18.7. The van der Waals surface area contributed by atoms with Gasteiger partial charge in [0, 0.05) is 11.6 Å². The number of hydrogen-bond donors (Lipinski definition) is 1. The molecule has 1 aliphatic carbocycles. The molecule has 7 heteroatoms. The molecule has 31 heavy (non-hydrogen) atoms. The molecule has 4 nitrogen and oxygen atoms in total. The van der Waals surface area contributed by atoms with Gasteiger partial charge in [-0.3, -0.25) is 9.48 Å². The summed E-state index contributed by atoms with van der Waals surface area (Å²) in [5.74, 6) is -0.0677. The summed E-state index contributed by atoms with van der Waals surface area (Å²) in [4.78, 5) is 12.8. The summed E-state index contributed by atoms with van der Waals surface area (Å²) < 4.78 is 40.7. The molecular weight excluding hydrogens is 403 g/mol. The normalized spacial score (nSPS) is 17.3. The Kier molecular flexibility index (Phi) is 7.12. The van der Waals surface area contributed by atoms with Gasteiger partial charge in [-0.2, -0.15) is 18.3 Å². The highest BCUT2D eigenvalue weighted by atomic mass is 19.4. The molecule has 0 spiro atoms. The van der Waals surface area contributed by atoms with E-state index in [0.717, 1.165) is 37.3 Å². The highest BCUT2D eigenvalue weighted by molar-refractivity contribution is 5.78. The van der Waals surface area contributed by atoms with E-state index in [1.807, 2.05) is 6.92 Å². The molecule has 3 rings (SSSR count). The summed E-state index contributed by atoms with van der Waals surface area (Å²) in [6.45, 7) is 8.22. The maximum absolute atomic E-state index is 13.1. The summed E-state index contributed by atoms with van der Waals surface area (Å²) in [7, 11) is 0. The second-order valence-corrected chi connectivity index (χ2v) is 8.76. The first-order valence-corrected chi connectivity index (χ1v) is 11.2. The number of amides is 1. The van der Waals surface area contributed by atoms with Gasteiger partial charge in [0.1, 0.15) is 0 Å². The number of carbonyl (C=O) groups is 1. The predicted molar refractivity (Wildman–Crippen MR) is 115 cm³/mol. The summed E-state index contributed by atoms with van der Waals surface area (Å²) in [6, 6.07) is 9.31. The van der Waals surface area contributed by atoms with Crippen LogP contribution in [0.3, 0.4) is 0 Å². The van der Waals surface area contributed by atoms with Crippen molar-refractivity contribution in [1.82, 2.24) is 15.1 Å². The third-order valence-electron chi connectivity index (χ3n) is 6.24. The third kappa shape index (κ3) is 5.69. The van der Waals surface area contributed by atoms with Gasteiger partial charge in [-0.15, -0.1) is 0 Å².